The molecule has 0 saturated heterocycles. The third-order valence-electron chi connectivity index (χ3n) is 3.36. The number of carbonyl (C=O) groups excluding carboxylic acids is 1. The number of hydrogen-bond donors (Lipinski definition) is 1. The first-order chi connectivity index (χ1) is 10.9. The highest BCUT2D eigenvalue weighted by Crippen LogP contribution is 2.33. The Balaban J connectivity index is 2.03. The number of rotatable bonds is 2. The highest BCUT2D eigenvalue weighted by atomic mass is 19.4. The van der Waals surface area contributed by atoms with Crippen molar-refractivity contribution in [3.63, 3.8) is 0 Å². The lowest BCUT2D eigenvalue weighted by atomic mass is 10.1. The molecule has 1 amide bonds. The van der Waals surface area contributed by atoms with Crippen LogP contribution in [0.3, 0.4) is 0 Å². The van der Waals surface area contributed by atoms with E-state index in [1.807, 2.05) is 0 Å². The monoisotopic (exact) mass is 320 g/mol. The van der Waals surface area contributed by atoms with Crippen molar-refractivity contribution in [2.24, 2.45) is 4.99 Å². The number of alkyl halides is 3. The molecule has 4 nitrogen and oxygen atoms in total. The van der Waals surface area contributed by atoms with E-state index in [0.29, 0.717) is 17.0 Å². The highest BCUT2D eigenvalue weighted by Gasteiger charge is 2.31. The fraction of sp³-hybridized carbons (Fsp3) is 0.125. The summed E-state index contributed by atoms with van der Waals surface area (Å²) in [5.41, 5.74) is 0.358. The van der Waals surface area contributed by atoms with Crippen LogP contribution < -0.4 is 10.1 Å². The van der Waals surface area contributed by atoms with Gasteiger partial charge < -0.3 is 10.1 Å². The Labute approximate surface area is 129 Å². The number of anilines is 1. The maximum atomic E-state index is 12.7. The molecule has 2 aromatic rings. The number of methoxy groups -OCH3 is 1. The minimum Gasteiger partial charge on any atom is -0.497 e. The summed E-state index contributed by atoms with van der Waals surface area (Å²) in [5.74, 6) is 0.0926. The van der Waals surface area contributed by atoms with Gasteiger partial charge in [-0.15, -0.1) is 0 Å². The number of fused-ring (bicyclic) bond motifs is 1. The van der Waals surface area contributed by atoms with Gasteiger partial charge >= 0.3 is 6.18 Å². The number of nitrogens with one attached hydrogen (secondary N) is 1. The second-order valence-corrected chi connectivity index (χ2v) is 4.87. The van der Waals surface area contributed by atoms with Crippen LogP contribution in [0.2, 0.25) is 0 Å². The molecule has 0 fully saturated rings. The Bertz CT molecular complexity index is 813. The van der Waals surface area contributed by atoms with Gasteiger partial charge in [0.15, 0.2) is 0 Å². The molecule has 1 aliphatic rings. The molecule has 0 atom stereocenters. The average Bonchev–Trinajstić information content (AvgIpc) is 2.82. The lowest BCUT2D eigenvalue weighted by Crippen LogP contribution is -2.14. The second kappa shape index (κ2) is 5.42. The number of halogens is 3. The van der Waals surface area contributed by atoms with Crippen molar-refractivity contribution >= 4 is 23.0 Å². The van der Waals surface area contributed by atoms with Crippen LogP contribution in [-0.4, -0.2) is 18.7 Å². The van der Waals surface area contributed by atoms with E-state index < -0.39 is 17.6 Å². The number of amides is 1. The number of benzene rings is 2. The summed E-state index contributed by atoms with van der Waals surface area (Å²) in [5, 5.41) is 2.62. The summed E-state index contributed by atoms with van der Waals surface area (Å²) >= 11 is 0. The summed E-state index contributed by atoms with van der Waals surface area (Å²) in [6.07, 6.45) is -4.46. The third-order valence-corrected chi connectivity index (χ3v) is 3.36. The lowest BCUT2D eigenvalue weighted by molar-refractivity contribution is -0.137. The van der Waals surface area contributed by atoms with E-state index in [0.717, 1.165) is 12.1 Å². The topological polar surface area (TPSA) is 50.7 Å². The molecule has 2 aromatic carbocycles. The van der Waals surface area contributed by atoms with Crippen LogP contribution in [0.1, 0.15) is 11.1 Å². The third kappa shape index (κ3) is 2.90. The average molecular weight is 320 g/mol. The summed E-state index contributed by atoms with van der Waals surface area (Å²) in [4.78, 5) is 16.1. The number of carbonyl (C=O) groups is 1. The number of ether oxygens (including phenoxy) is 1. The molecule has 0 aliphatic carbocycles. The summed E-state index contributed by atoms with van der Waals surface area (Å²) in [7, 11) is 1.50. The molecular formula is C16H11F3N2O2. The van der Waals surface area contributed by atoms with Gasteiger partial charge in [-0.2, -0.15) is 13.2 Å². The number of nitrogens with zero attached hydrogens (tertiary/aromatic N) is 1. The number of hydrogen-bond acceptors (Lipinski definition) is 3. The minimum atomic E-state index is -4.46. The zero-order valence-corrected chi connectivity index (χ0v) is 11.9. The van der Waals surface area contributed by atoms with Crippen molar-refractivity contribution in [2.75, 3.05) is 12.4 Å². The largest absolute Gasteiger partial charge is 0.497 e. The van der Waals surface area contributed by atoms with Gasteiger partial charge in [-0.25, -0.2) is 4.99 Å². The molecule has 118 valence electrons. The van der Waals surface area contributed by atoms with E-state index in [4.69, 9.17) is 4.74 Å². The first kappa shape index (κ1) is 15.1. The van der Waals surface area contributed by atoms with Gasteiger partial charge in [0.05, 0.1) is 24.0 Å². The molecule has 1 N–H and O–H groups in total. The molecule has 0 bridgehead atoms. The maximum Gasteiger partial charge on any atom is 0.416 e. The van der Waals surface area contributed by atoms with Gasteiger partial charge in [-0.1, -0.05) is 6.07 Å². The van der Waals surface area contributed by atoms with Crippen LogP contribution >= 0.6 is 0 Å². The molecule has 1 aliphatic heterocycles. The molecule has 0 unspecified atom stereocenters. The zero-order chi connectivity index (χ0) is 16.6. The second-order valence-electron chi connectivity index (χ2n) is 4.87. The predicted octanol–water partition coefficient (Wildman–Crippen LogP) is 3.79. The van der Waals surface area contributed by atoms with Crippen LogP contribution in [0.4, 0.5) is 24.5 Å². The smallest absolute Gasteiger partial charge is 0.416 e. The first-order valence-electron chi connectivity index (χ1n) is 6.64. The molecule has 7 heteroatoms. The molecule has 23 heavy (non-hydrogen) atoms. The fourth-order valence-electron chi connectivity index (χ4n) is 2.26. The Morgan fingerprint density at radius 1 is 1.13 bits per heavy atom. The predicted molar refractivity (Wildman–Crippen MR) is 79.3 cm³/mol. The van der Waals surface area contributed by atoms with Gasteiger partial charge in [-0.05, 0) is 30.3 Å². The van der Waals surface area contributed by atoms with Crippen molar-refractivity contribution in [3.8, 4) is 5.75 Å². The molecule has 0 spiro atoms. The molecule has 1 heterocycles. The van der Waals surface area contributed by atoms with E-state index in [2.05, 4.69) is 10.3 Å². The van der Waals surface area contributed by atoms with Crippen molar-refractivity contribution in [1.29, 1.82) is 0 Å². The number of aliphatic imine (C=N–C) groups is 1. The summed E-state index contributed by atoms with van der Waals surface area (Å²) in [6.45, 7) is 0. The zero-order valence-electron chi connectivity index (χ0n) is 11.9. The van der Waals surface area contributed by atoms with E-state index in [1.165, 1.54) is 19.2 Å². The van der Waals surface area contributed by atoms with Crippen LogP contribution in [-0.2, 0) is 11.0 Å². The van der Waals surface area contributed by atoms with Gasteiger partial charge in [0, 0.05) is 11.6 Å². The lowest BCUT2D eigenvalue weighted by Gasteiger charge is -2.07. The van der Waals surface area contributed by atoms with Gasteiger partial charge in [-0.3, -0.25) is 4.79 Å². The van der Waals surface area contributed by atoms with E-state index in [9.17, 15) is 18.0 Å². The summed E-state index contributed by atoms with van der Waals surface area (Å²) < 4.78 is 43.3. The Morgan fingerprint density at radius 3 is 2.61 bits per heavy atom. The normalized spacial score (nSPS) is 15.5. The van der Waals surface area contributed by atoms with Gasteiger partial charge in [0.25, 0.3) is 5.91 Å². The van der Waals surface area contributed by atoms with Crippen LogP contribution in [0.15, 0.2) is 47.5 Å². The molecule has 3 rings (SSSR count). The van der Waals surface area contributed by atoms with Crippen molar-refractivity contribution in [3.05, 3.63) is 53.6 Å². The standard InChI is InChI=1S/C16H11F3N2O2/c1-23-11-5-6-12-13(8-11)21-15(22)14(12)20-10-4-2-3-9(7-10)16(17,18)19/h2-8H,1H3,(H,20,21,22). The molecule has 0 aromatic heterocycles. The molecule has 0 saturated carbocycles. The van der Waals surface area contributed by atoms with E-state index in [1.54, 1.807) is 18.2 Å². The SMILES string of the molecule is COc1ccc2c(c1)NC(=O)C2=Nc1cccc(C(F)(F)F)c1. The van der Waals surface area contributed by atoms with Crippen molar-refractivity contribution in [2.45, 2.75) is 6.18 Å². The Hall–Kier alpha value is -2.83. The highest BCUT2D eigenvalue weighted by molar-refractivity contribution is 6.54. The van der Waals surface area contributed by atoms with Crippen LogP contribution in [0, 0.1) is 0 Å². The van der Waals surface area contributed by atoms with Gasteiger partial charge in [0.2, 0.25) is 0 Å². The quantitative estimate of drug-likeness (QED) is 0.915. The molecular weight excluding hydrogens is 309 g/mol. The van der Waals surface area contributed by atoms with Crippen molar-refractivity contribution in [1.82, 2.24) is 0 Å². The first-order valence-corrected chi connectivity index (χ1v) is 6.64. The maximum absolute atomic E-state index is 12.7. The Kier molecular flexibility index (Phi) is 3.55. The van der Waals surface area contributed by atoms with Crippen LogP contribution in [0.5, 0.6) is 5.75 Å². The minimum absolute atomic E-state index is 0.0636. The fourth-order valence-corrected chi connectivity index (χ4v) is 2.26. The van der Waals surface area contributed by atoms with E-state index >= 15 is 0 Å². The Morgan fingerprint density at radius 2 is 1.91 bits per heavy atom. The summed E-state index contributed by atoms with van der Waals surface area (Å²) in [6, 6.07) is 9.45. The van der Waals surface area contributed by atoms with Crippen LogP contribution in [0.25, 0.3) is 0 Å². The van der Waals surface area contributed by atoms with Gasteiger partial charge in [0.1, 0.15) is 11.5 Å². The van der Waals surface area contributed by atoms with Crippen molar-refractivity contribution < 1.29 is 22.7 Å². The molecule has 0 radical (unpaired) electrons. The van der Waals surface area contributed by atoms with E-state index in [-0.39, 0.29) is 11.4 Å².